The van der Waals surface area contributed by atoms with Gasteiger partial charge in [-0.3, -0.25) is 9.59 Å². The molecule has 6 nitrogen and oxygen atoms in total. The zero-order chi connectivity index (χ0) is 18.8. The summed E-state index contributed by atoms with van der Waals surface area (Å²) >= 11 is 0. The molecule has 3 heterocycles. The minimum absolute atomic E-state index is 0.0259. The van der Waals surface area contributed by atoms with Gasteiger partial charge in [-0.1, -0.05) is 30.3 Å². The monoisotopic (exact) mass is 367 g/mol. The predicted molar refractivity (Wildman–Crippen MR) is 101 cm³/mol. The van der Waals surface area contributed by atoms with Crippen LogP contribution < -0.4 is 5.73 Å². The highest BCUT2D eigenvalue weighted by Gasteiger charge is 2.37. The maximum atomic E-state index is 13.0. The molecule has 2 fully saturated rings. The molecule has 2 amide bonds. The second-order valence-corrected chi connectivity index (χ2v) is 7.50. The zero-order valence-electron chi connectivity index (χ0n) is 15.3. The molecule has 0 radical (unpaired) electrons. The first-order valence-electron chi connectivity index (χ1n) is 9.54. The van der Waals surface area contributed by atoms with Crippen LogP contribution in [0.5, 0.6) is 0 Å². The van der Waals surface area contributed by atoms with E-state index in [0.29, 0.717) is 44.6 Å². The van der Waals surface area contributed by atoms with Gasteiger partial charge in [0.1, 0.15) is 6.26 Å². The van der Waals surface area contributed by atoms with Gasteiger partial charge in [-0.2, -0.15) is 0 Å². The molecule has 0 spiro atoms. The third kappa shape index (κ3) is 3.62. The van der Waals surface area contributed by atoms with Crippen molar-refractivity contribution < 1.29 is 14.0 Å². The standard InChI is InChI=1S/C21H25N3O3/c22-19-13-24(12-18(19)15-4-2-1-3-5-15)20(25)16-6-9-23(10-7-16)21(26)17-8-11-27-14-17/h1-5,8,11,14,16,18-19H,6-7,9-10,12-13,22H2/t18-,19+/m0/s1. The first-order chi connectivity index (χ1) is 13.1. The molecule has 0 bridgehead atoms. The Kier molecular flexibility index (Phi) is 4.99. The summed E-state index contributed by atoms with van der Waals surface area (Å²) < 4.78 is 4.99. The first-order valence-corrected chi connectivity index (χ1v) is 9.54. The third-order valence-electron chi connectivity index (χ3n) is 5.80. The van der Waals surface area contributed by atoms with Gasteiger partial charge < -0.3 is 20.0 Å². The molecule has 0 saturated carbocycles. The largest absolute Gasteiger partial charge is 0.472 e. The van der Waals surface area contributed by atoms with Gasteiger partial charge in [0.2, 0.25) is 5.91 Å². The number of carbonyl (C=O) groups excluding carboxylic acids is 2. The molecule has 2 N–H and O–H groups in total. The van der Waals surface area contributed by atoms with E-state index < -0.39 is 0 Å². The number of benzene rings is 1. The van der Waals surface area contributed by atoms with E-state index in [1.165, 1.54) is 18.1 Å². The van der Waals surface area contributed by atoms with Crippen molar-refractivity contribution in [3.05, 3.63) is 60.1 Å². The molecule has 6 heteroatoms. The van der Waals surface area contributed by atoms with Crippen LogP contribution in [0, 0.1) is 5.92 Å². The third-order valence-corrected chi connectivity index (χ3v) is 5.80. The number of rotatable bonds is 3. The smallest absolute Gasteiger partial charge is 0.257 e. The topological polar surface area (TPSA) is 79.8 Å². The molecule has 4 rings (SSSR count). The van der Waals surface area contributed by atoms with Crippen LogP contribution >= 0.6 is 0 Å². The first kappa shape index (κ1) is 17.8. The Labute approximate surface area is 158 Å². The second-order valence-electron chi connectivity index (χ2n) is 7.50. The van der Waals surface area contributed by atoms with Crippen molar-refractivity contribution in [2.24, 2.45) is 11.7 Å². The van der Waals surface area contributed by atoms with Gasteiger partial charge in [-0.05, 0) is 24.5 Å². The fourth-order valence-electron chi connectivity index (χ4n) is 4.22. The minimum atomic E-state index is -0.0286. The van der Waals surface area contributed by atoms with Crippen molar-refractivity contribution >= 4 is 11.8 Å². The molecule has 1 aromatic heterocycles. The van der Waals surface area contributed by atoms with Gasteiger partial charge in [0.15, 0.2) is 0 Å². The summed E-state index contributed by atoms with van der Waals surface area (Å²) in [7, 11) is 0. The SMILES string of the molecule is N[C@@H]1CN(C(=O)C2CCN(C(=O)c3ccoc3)CC2)C[C@H]1c1ccccc1. The van der Waals surface area contributed by atoms with E-state index in [1.54, 1.807) is 11.0 Å². The van der Waals surface area contributed by atoms with E-state index >= 15 is 0 Å². The number of nitrogens with zero attached hydrogens (tertiary/aromatic N) is 2. The Morgan fingerprint density at radius 1 is 1.00 bits per heavy atom. The van der Waals surface area contributed by atoms with Crippen LogP contribution in [0.3, 0.4) is 0 Å². The Bertz CT molecular complexity index is 782. The van der Waals surface area contributed by atoms with E-state index in [0.717, 1.165) is 0 Å². The van der Waals surface area contributed by atoms with Crippen molar-refractivity contribution in [3.63, 3.8) is 0 Å². The lowest BCUT2D eigenvalue weighted by atomic mass is 9.94. The van der Waals surface area contributed by atoms with Gasteiger partial charge in [-0.15, -0.1) is 0 Å². The van der Waals surface area contributed by atoms with Gasteiger partial charge in [0.05, 0.1) is 11.8 Å². The lowest BCUT2D eigenvalue weighted by Gasteiger charge is -2.33. The fourth-order valence-corrected chi connectivity index (χ4v) is 4.22. The summed E-state index contributed by atoms with van der Waals surface area (Å²) in [5.74, 6) is 0.319. The molecule has 2 saturated heterocycles. The highest BCUT2D eigenvalue weighted by Crippen LogP contribution is 2.29. The average Bonchev–Trinajstić information content (AvgIpc) is 3.38. The predicted octanol–water partition coefficient (Wildman–Crippen LogP) is 2.09. The highest BCUT2D eigenvalue weighted by atomic mass is 16.3. The van der Waals surface area contributed by atoms with Crippen molar-refractivity contribution in [1.82, 2.24) is 9.80 Å². The molecule has 0 aliphatic carbocycles. The summed E-state index contributed by atoms with van der Waals surface area (Å²) in [6.07, 6.45) is 4.37. The van der Waals surface area contributed by atoms with Crippen LogP contribution in [0.1, 0.15) is 34.7 Å². The summed E-state index contributed by atoms with van der Waals surface area (Å²) in [6, 6.07) is 11.8. The molecule has 1 aromatic carbocycles. The number of carbonyl (C=O) groups is 2. The summed E-state index contributed by atoms with van der Waals surface area (Å²) in [6.45, 7) is 2.48. The zero-order valence-corrected chi connectivity index (χ0v) is 15.3. The van der Waals surface area contributed by atoms with E-state index in [9.17, 15) is 9.59 Å². The molecule has 2 aliphatic rings. The van der Waals surface area contributed by atoms with Crippen LogP contribution in [0.15, 0.2) is 53.3 Å². The molecule has 2 aliphatic heterocycles. The van der Waals surface area contributed by atoms with Crippen LogP contribution in [0.2, 0.25) is 0 Å². The van der Waals surface area contributed by atoms with Gasteiger partial charge in [-0.25, -0.2) is 0 Å². The number of likely N-dealkylation sites (tertiary alicyclic amines) is 2. The van der Waals surface area contributed by atoms with E-state index in [1.807, 2.05) is 23.1 Å². The number of amides is 2. The number of hydrogen-bond acceptors (Lipinski definition) is 4. The molecule has 142 valence electrons. The fraction of sp³-hybridized carbons (Fsp3) is 0.429. The highest BCUT2D eigenvalue weighted by molar-refractivity contribution is 5.94. The maximum Gasteiger partial charge on any atom is 0.257 e. The quantitative estimate of drug-likeness (QED) is 0.901. The minimum Gasteiger partial charge on any atom is -0.472 e. The lowest BCUT2D eigenvalue weighted by molar-refractivity contribution is -0.135. The molecule has 27 heavy (non-hydrogen) atoms. The van der Waals surface area contributed by atoms with Crippen molar-refractivity contribution in [1.29, 1.82) is 0 Å². The second kappa shape index (κ2) is 7.56. The molecule has 0 unspecified atom stereocenters. The summed E-state index contributed by atoms with van der Waals surface area (Å²) in [4.78, 5) is 29.1. The van der Waals surface area contributed by atoms with Crippen LogP contribution in [0.25, 0.3) is 0 Å². The van der Waals surface area contributed by atoms with E-state index in [2.05, 4.69) is 12.1 Å². The van der Waals surface area contributed by atoms with Crippen molar-refractivity contribution in [2.45, 2.75) is 24.8 Å². The van der Waals surface area contributed by atoms with Crippen LogP contribution in [-0.2, 0) is 4.79 Å². The number of nitrogens with two attached hydrogens (primary N) is 1. The normalized spacial score (nSPS) is 23.6. The molecule has 2 aromatic rings. The van der Waals surface area contributed by atoms with Gasteiger partial charge >= 0.3 is 0 Å². The van der Waals surface area contributed by atoms with Gasteiger partial charge in [0.25, 0.3) is 5.91 Å². The van der Waals surface area contributed by atoms with Crippen LogP contribution in [0.4, 0.5) is 0 Å². The Morgan fingerprint density at radius 3 is 2.41 bits per heavy atom. The Hall–Kier alpha value is -2.60. The summed E-state index contributed by atoms with van der Waals surface area (Å²) in [5, 5.41) is 0. The summed E-state index contributed by atoms with van der Waals surface area (Å²) in [5.41, 5.74) is 8.09. The van der Waals surface area contributed by atoms with E-state index in [4.69, 9.17) is 10.2 Å². The maximum absolute atomic E-state index is 13.0. The molecular formula is C21H25N3O3. The molecule has 2 atom stereocenters. The van der Waals surface area contributed by atoms with E-state index in [-0.39, 0.29) is 29.7 Å². The van der Waals surface area contributed by atoms with Gasteiger partial charge in [0, 0.05) is 44.1 Å². The molecular weight excluding hydrogens is 342 g/mol. The van der Waals surface area contributed by atoms with Crippen LogP contribution in [-0.4, -0.2) is 53.8 Å². The van der Waals surface area contributed by atoms with Crippen molar-refractivity contribution in [3.8, 4) is 0 Å². The Morgan fingerprint density at radius 2 is 1.74 bits per heavy atom. The number of piperidine rings is 1. The Balaban J connectivity index is 1.34. The average molecular weight is 367 g/mol. The number of hydrogen-bond donors (Lipinski definition) is 1. The number of furan rings is 1. The van der Waals surface area contributed by atoms with Crippen molar-refractivity contribution in [2.75, 3.05) is 26.2 Å². The lowest BCUT2D eigenvalue weighted by Crippen LogP contribution is -2.44.